The average molecular weight is 269 g/mol. The van der Waals surface area contributed by atoms with Crippen LogP contribution in [0.5, 0.6) is 0 Å². The molecule has 0 saturated carbocycles. The van der Waals surface area contributed by atoms with Gasteiger partial charge in [-0.2, -0.15) is 0 Å². The zero-order valence-corrected chi connectivity index (χ0v) is 10.9. The van der Waals surface area contributed by atoms with Crippen LogP contribution in [0.3, 0.4) is 0 Å². The molecular formula is C12H15NO4S. The maximum absolute atomic E-state index is 9.01. The van der Waals surface area contributed by atoms with Crippen molar-refractivity contribution in [3.8, 4) is 0 Å². The van der Waals surface area contributed by atoms with Crippen molar-refractivity contribution in [2.75, 3.05) is 31.2 Å². The van der Waals surface area contributed by atoms with Crippen molar-refractivity contribution in [2.24, 2.45) is 0 Å². The molecule has 98 valence electrons. The molecule has 0 atom stereocenters. The Morgan fingerprint density at radius 2 is 1.89 bits per heavy atom. The lowest BCUT2D eigenvalue weighted by atomic mass is 10.3. The first-order valence-electron chi connectivity index (χ1n) is 5.66. The zero-order valence-electron chi connectivity index (χ0n) is 10.0. The number of nitrogens with zero attached hydrogens (tertiary/aromatic N) is 1. The minimum Gasteiger partial charge on any atom is -0.459 e. The van der Waals surface area contributed by atoms with Crippen molar-refractivity contribution in [2.45, 2.75) is 6.92 Å². The number of anilines is 1. The fraction of sp³-hybridized carbons (Fsp3) is 0.417. The van der Waals surface area contributed by atoms with Gasteiger partial charge in [0.15, 0.2) is 17.1 Å². The van der Waals surface area contributed by atoms with Crippen LogP contribution in [0.15, 0.2) is 21.2 Å². The maximum Gasteiger partial charge on any atom is 0.197 e. The monoisotopic (exact) mass is 269 g/mol. The van der Waals surface area contributed by atoms with Crippen LogP contribution < -0.4 is 4.90 Å². The molecule has 0 fully saturated rings. The topological polar surface area (TPSA) is 70.0 Å². The number of rotatable bonds is 5. The van der Waals surface area contributed by atoms with E-state index in [9.17, 15) is 0 Å². The predicted molar refractivity (Wildman–Crippen MR) is 70.4 cm³/mol. The van der Waals surface area contributed by atoms with Gasteiger partial charge in [-0.3, -0.25) is 0 Å². The summed E-state index contributed by atoms with van der Waals surface area (Å²) in [6.07, 6.45) is 1.59. The Labute approximate surface area is 109 Å². The molecule has 0 amide bonds. The first-order valence-corrected chi connectivity index (χ1v) is 6.06. The lowest BCUT2D eigenvalue weighted by Gasteiger charge is -2.20. The molecule has 0 aliphatic heterocycles. The lowest BCUT2D eigenvalue weighted by Crippen LogP contribution is -2.29. The van der Waals surface area contributed by atoms with Crippen LogP contribution in [-0.4, -0.2) is 36.5 Å². The number of aryl methyl sites for hydroxylation is 1. The molecule has 2 N–H and O–H groups in total. The van der Waals surface area contributed by atoms with E-state index in [1.165, 1.54) is 0 Å². The molecule has 0 spiro atoms. The molecule has 0 saturated heterocycles. The number of hydrogen-bond acceptors (Lipinski definition) is 6. The van der Waals surface area contributed by atoms with Crippen molar-refractivity contribution in [3.05, 3.63) is 22.4 Å². The summed E-state index contributed by atoms with van der Waals surface area (Å²) in [5.74, 6) is 0.528. The average Bonchev–Trinajstić information content (AvgIpc) is 2.72. The van der Waals surface area contributed by atoms with E-state index in [0.29, 0.717) is 34.6 Å². The van der Waals surface area contributed by atoms with E-state index >= 15 is 0 Å². The van der Waals surface area contributed by atoms with E-state index in [4.69, 9.17) is 31.3 Å². The van der Waals surface area contributed by atoms with Gasteiger partial charge in [0.1, 0.15) is 0 Å². The van der Waals surface area contributed by atoms with Crippen molar-refractivity contribution in [1.82, 2.24) is 0 Å². The third-order valence-corrected chi connectivity index (χ3v) is 2.96. The maximum atomic E-state index is 9.01. The minimum atomic E-state index is -0.0231. The molecule has 6 heteroatoms. The van der Waals surface area contributed by atoms with Gasteiger partial charge >= 0.3 is 0 Å². The second-order valence-corrected chi connectivity index (χ2v) is 4.40. The van der Waals surface area contributed by atoms with E-state index in [1.807, 2.05) is 6.92 Å². The molecule has 2 aromatic heterocycles. The van der Waals surface area contributed by atoms with Gasteiger partial charge in [0, 0.05) is 24.7 Å². The summed E-state index contributed by atoms with van der Waals surface area (Å²) in [5.41, 5.74) is 2.03. The highest BCUT2D eigenvalue weighted by molar-refractivity contribution is 7.71. The second kappa shape index (κ2) is 5.51. The van der Waals surface area contributed by atoms with Crippen LogP contribution in [0, 0.1) is 11.4 Å². The van der Waals surface area contributed by atoms with Crippen LogP contribution in [0.1, 0.15) is 5.56 Å². The van der Waals surface area contributed by atoms with Crippen LogP contribution in [0.25, 0.3) is 11.2 Å². The Kier molecular flexibility index (Phi) is 4.00. The molecular weight excluding hydrogens is 254 g/mol. The first-order chi connectivity index (χ1) is 8.67. The third kappa shape index (κ3) is 2.40. The number of aliphatic hydroxyl groups is 2. The van der Waals surface area contributed by atoms with Gasteiger partial charge in [0.05, 0.1) is 24.0 Å². The van der Waals surface area contributed by atoms with E-state index in [0.717, 1.165) is 5.56 Å². The number of aliphatic hydroxyl groups excluding tert-OH is 2. The summed E-state index contributed by atoms with van der Waals surface area (Å²) in [6, 6.07) is 1.67. The Balaban J connectivity index is 2.49. The van der Waals surface area contributed by atoms with Crippen molar-refractivity contribution in [1.29, 1.82) is 0 Å². The predicted octanol–water partition coefficient (Wildman–Crippen LogP) is 1.85. The summed E-state index contributed by atoms with van der Waals surface area (Å²) in [7, 11) is 0. The number of hydrogen-bond donors (Lipinski definition) is 2. The standard InChI is InChI=1S/C12H15NO4S/c1-8-7-16-12-9(18)6-10(17-11(8)12)13(2-4-14)3-5-15/h6-7,14-15H,2-5H2,1H3. The summed E-state index contributed by atoms with van der Waals surface area (Å²) < 4.78 is 11.6. The highest BCUT2D eigenvalue weighted by Crippen LogP contribution is 2.27. The number of furan rings is 1. The molecule has 0 bridgehead atoms. The highest BCUT2D eigenvalue weighted by Gasteiger charge is 2.13. The summed E-state index contributed by atoms with van der Waals surface area (Å²) in [5, 5.41) is 18.0. The minimum absolute atomic E-state index is 0.0231. The van der Waals surface area contributed by atoms with E-state index < -0.39 is 0 Å². The SMILES string of the molecule is Cc1coc2c(=S)cc(N(CCO)CCO)oc12. The van der Waals surface area contributed by atoms with Crippen LogP contribution in [0.2, 0.25) is 0 Å². The number of fused-ring (bicyclic) bond motifs is 1. The van der Waals surface area contributed by atoms with E-state index in [1.54, 1.807) is 17.2 Å². The van der Waals surface area contributed by atoms with Crippen LogP contribution in [-0.2, 0) is 0 Å². The Hall–Kier alpha value is -1.37. The lowest BCUT2D eigenvalue weighted by molar-refractivity contribution is 0.277. The Bertz CT molecular complexity index is 583. The van der Waals surface area contributed by atoms with Gasteiger partial charge in [0.25, 0.3) is 0 Å². The fourth-order valence-corrected chi connectivity index (χ4v) is 2.01. The van der Waals surface area contributed by atoms with Gasteiger partial charge in [-0.15, -0.1) is 0 Å². The van der Waals surface area contributed by atoms with Gasteiger partial charge in [0.2, 0.25) is 0 Å². The van der Waals surface area contributed by atoms with Crippen LogP contribution in [0.4, 0.5) is 5.88 Å². The molecule has 2 heterocycles. The largest absolute Gasteiger partial charge is 0.459 e. The highest BCUT2D eigenvalue weighted by atomic mass is 32.1. The summed E-state index contributed by atoms with van der Waals surface area (Å²) in [6.45, 7) is 2.58. The normalized spacial score (nSPS) is 11.1. The van der Waals surface area contributed by atoms with Gasteiger partial charge in [-0.1, -0.05) is 12.2 Å². The second-order valence-electron chi connectivity index (χ2n) is 3.96. The van der Waals surface area contributed by atoms with Gasteiger partial charge < -0.3 is 23.9 Å². The molecule has 2 rings (SSSR count). The van der Waals surface area contributed by atoms with E-state index in [2.05, 4.69) is 0 Å². The van der Waals surface area contributed by atoms with Gasteiger partial charge in [-0.25, -0.2) is 0 Å². The summed E-state index contributed by atoms with van der Waals surface area (Å²) >= 11 is 5.24. The quantitative estimate of drug-likeness (QED) is 0.807. The Morgan fingerprint density at radius 3 is 2.50 bits per heavy atom. The molecule has 18 heavy (non-hydrogen) atoms. The summed E-state index contributed by atoms with van der Waals surface area (Å²) in [4.78, 5) is 1.74. The molecule has 0 aliphatic rings. The molecule has 0 aliphatic carbocycles. The van der Waals surface area contributed by atoms with Crippen LogP contribution >= 0.6 is 12.2 Å². The van der Waals surface area contributed by atoms with Crippen molar-refractivity contribution in [3.63, 3.8) is 0 Å². The third-order valence-electron chi connectivity index (χ3n) is 2.65. The molecule has 0 unspecified atom stereocenters. The molecule has 0 aromatic carbocycles. The van der Waals surface area contributed by atoms with Gasteiger partial charge in [-0.05, 0) is 6.92 Å². The fourth-order valence-electron chi connectivity index (χ4n) is 1.77. The zero-order chi connectivity index (χ0) is 13.1. The van der Waals surface area contributed by atoms with Crippen molar-refractivity contribution >= 4 is 29.3 Å². The Morgan fingerprint density at radius 1 is 1.22 bits per heavy atom. The molecule has 5 nitrogen and oxygen atoms in total. The molecule has 0 radical (unpaired) electrons. The van der Waals surface area contributed by atoms with E-state index in [-0.39, 0.29) is 13.2 Å². The molecule has 2 aromatic rings. The van der Waals surface area contributed by atoms with Crippen molar-refractivity contribution < 1.29 is 19.0 Å². The first kappa shape index (κ1) is 13.1. The smallest absolute Gasteiger partial charge is 0.197 e.